The van der Waals surface area contributed by atoms with Gasteiger partial charge < -0.3 is 5.32 Å². The second-order valence-electron chi connectivity index (χ2n) is 4.58. The Labute approximate surface area is 125 Å². The third-order valence-corrected chi connectivity index (χ3v) is 3.27. The highest BCUT2D eigenvalue weighted by atomic mass is 35.5. The minimum atomic E-state index is -4.32. The van der Waals surface area contributed by atoms with Crippen LogP contribution in [0.2, 0.25) is 5.15 Å². The molecule has 21 heavy (non-hydrogen) atoms. The molecule has 0 radical (unpaired) electrons. The zero-order valence-electron chi connectivity index (χ0n) is 11.4. The molecule has 1 aromatic carbocycles. The van der Waals surface area contributed by atoms with E-state index in [9.17, 15) is 13.2 Å². The van der Waals surface area contributed by atoms with Gasteiger partial charge in [0.25, 0.3) is 0 Å². The summed E-state index contributed by atoms with van der Waals surface area (Å²) < 4.78 is 37.4. The molecule has 0 amide bonds. The molecule has 1 aromatic heterocycles. The lowest BCUT2D eigenvalue weighted by Crippen LogP contribution is -2.07. The van der Waals surface area contributed by atoms with Crippen LogP contribution in [0, 0.1) is 13.8 Å². The van der Waals surface area contributed by atoms with Gasteiger partial charge in [-0.3, -0.25) is 0 Å². The van der Waals surface area contributed by atoms with Crippen LogP contribution in [0.1, 0.15) is 22.5 Å². The fourth-order valence-electron chi connectivity index (χ4n) is 1.69. The quantitative estimate of drug-likeness (QED) is 0.913. The first kappa shape index (κ1) is 15.6. The van der Waals surface area contributed by atoms with E-state index >= 15 is 0 Å². The predicted molar refractivity (Wildman–Crippen MR) is 75.3 cm³/mol. The molecule has 0 saturated heterocycles. The first-order valence-electron chi connectivity index (χ1n) is 6.18. The van der Waals surface area contributed by atoms with Crippen LogP contribution in [0.15, 0.2) is 24.3 Å². The third-order valence-electron chi connectivity index (χ3n) is 3.01. The summed E-state index contributed by atoms with van der Waals surface area (Å²) in [4.78, 5) is 8.38. The molecule has 0 bridgehead atoms. The van der Waals surface area contributed by atoms with Crippen LogP contribution >= 0.6 is 11.6 Å². The fraction of sp³-hybridized carbons (Fsp3) is 0.286. The van der Waals surface area contributed by atoms with E-state index in [-0.39, 0.29) is 5.15 Å². The van der Waals surface area contributed by atoms with E-state index in [1.165, 1.54) is 12.1 Å². The van der Waals surface area contributed by atoms with Gasteiger partial charge in [-0.25, -0.2) is 9.97 Å². The van der Waals surface area contributed by atoms with Gasteiger partial charge in [0.1, 0.15) is 0 Å². The van der Waals surface area contributed by atoms with E-state index in [0.29, 0.717) is 17.9 Å². The van der Waals surface area contributed by atoms with Crippen molar-refractivity contribution >= 4 is 17.4 Å². The number of nitrogens with zero attached hydrogens (tertiary/aromatic N) is 2. The van der Waals surface area contributed by atoms with E-state index in [2.05, 4.69) is 15.3 Å². The van der Waals surface area contributed by atoms with E-state index in [0.717, 1.165) is 23.5 Å². The first-order chi connectivity index (χ1) is 9.77. The zero-order valence-corrected chi connectivity index (χ0v) is 12.2. The molecule has 0 atom stereocenters. The second-order valence-corrected chi connectivity index (χ2v) is 4.94. The van der Waals surface area contributed by atoms with Crippen molar-refractivity contribution in [2.75, 3.05) is 5.32 Å². The monoisotopic (exact) mass is 315 g/mol. The Morgan fingerprint density at radius 3 is 2.19 bits per heavy atom. The predicted octanol–water partition coefficient (Wildman–Crippen LogP) is 4.38. The smallest absolute Gasteiger partial charge is 0.363 e. The Balaban J connectivity index is 2.08. The molecule has 0 saturated carbocycles. The van der Waals surface area contributed by atoms with Crippen LogP contribution in [0.4, 0.5) is 19.0 Å². The maximum Gasteiger partial charge on any atom is 0.416 e. The van der Waals surface area contributed by atoms with Crippen molar-refractivity contribution in [3.63, 3.8) is 0 Å². The molecule has 0 aliphatic heterocycles. The van der Waals surface area contributed by atoms with Crippen LogP contribution in [0.3, 0.4) is 0 Å². The summed E-state index contributed by atoms with van der Waals surface area (Å²) in [5, 5.41) is 3.21. The van der Waals surface area contributed by atoms with Gasteiger partial charge in [-0.05, 0) is 31.5 Å². The average molecular weight is 316 g/mol. The topological polar surface area (TPSA) is 37.8 Å². The van der Waals surface area contributed by atoms with Crippen LogP contribution in [-0.4, -0.2) is 9.97 Å². The maximum absolute atomic E-state index is 12.5. The Morgan fingerprint density at radius 1 is 1.05 bits per heavy atom. The molecule has 0 aliphatic rings. The molecule has 0 fully saturated rings. The van der Waals surface area contributed by atoms with Crippen molar-refractivity contribution in [3.05, 3.63) is 51.9 Å². The van der Waals surface area contributed by atoms with Gasteiger partial charge in [-0.2, -0.15) is 13.2 Å². The number of aryl methyl sites for hydroxylation is 2. The van der Waals surface area contributed by atoms with Gasteiger partial charge in [0.15, 0.2) is 11.0 Å². The van der Waals surface area contributed by atoms with E-state index in [4.69, 9.17) is 11.6 Å². The number of hydrogen-bond acceptors (Lipinski definition) is 3. The summed E-state index contributed by atoms with van der Waals surface area (Å²) in [7, 11) is 0. The molecule has 7 heteroatoms. The maximum atomic E-state index is 12.5. The summed E-state index contributed by atoms with van der Waals surface area (Å²) in [5.41, 5.74) is 1.50. The van der Waals surface area contributed by atoms with Crippen LogP contribution in [-0.2, 0) is 12.7 Å². The van der Waals surface area contributed by atoms with Gasteiger partial charge in [0.2, 0.25) is 0 Å². The lowest BCUT2D eigenvalue weighted by atomic mass is 10.1. The third kappa shape index (κ3) is 3.85. The summed E-state index contributed by atoms with van der Waals surface area (Å²) in [6, 6.07) is 4.92. The molecular formula is C14H13ClF3N3. The van der Waals surface area contributed by atoms with Crippen molar-refractivity contribution in [1.82, 2.24) is 9.97 Å². The number of hydrogen-bond donors (Lipinski definition) is 1. The first-order valence-corrected chi connectivity index (χ1v) is 6.56. The second kappa shape index (κ2) is 5.89. The van der Waals surface area contributed by atoms with Gasteiger partial charge in [-0.1, -0.05) is 23.7 Å². The Morgan fingerprint density at radius 2 is 1.62 bits per heavy atom. The lowest BCUT2D eigenvalue weighted by Gasteiger charge is -2.10. The van der Waals surface area contributed by atoms with Crippen LogP contribution in [0.25, 0.3) is 0 Å². The van der Waals surface area contributed by atoms with Gasteiger partial charge >= 0.3 is 6.18 Å². The van der Waals surface area contributed by atoms with Crippen molar-refractivity contribution in [3.8, 4) is 0 Å². The molecule has 0 aliphatic carbocycles. The number of anilines is 1. The molecule has 112 valence electrons. The summed E-state index contributed by atoms with van der Waals surface area (Å²) in [5.74, 6) is 0.416. The highest BCUT2D eigenvalue weighted by Crippen LogP contribution is 2.29. The summed E-state index contributed by atoms with van der Waals surface area (Å²) >= 11 is 5.97. The average Bonchev–Trinajstić information content (AvgIpc) is 2.41. The summed E-state index contributed by atoms with van der Waals surface area (Å²) in [6.45, 7) is 3.92. The Kier molecular flexibility index (Phi) is 4.37. The van der Waals surface area contributed by atoms with Crippen molar-refractivity contribution in [2.24, 2.45) is 0 Å². The lowest BCUT2D eigenvalue weighted by molar-refractivity contribution is -0.137. The highest BCUT2D eigenvalue weighted by Gasteiger charge is 2.29. The fourth-order valence-corrected chi connectivity index (χ4v) is 1.92. The number of nitrogens with one attached hydrogen (secondary N) is 1. The van der Waals surface area contributed by atoms with E-state index in [1.54, 1.807) is 6.92 Å². The van der Waals surface area contributed by atoms with Crippen molar-refractivity contribution in [2.45, 2.75) is 26.6 Å². The van der Waals surface area contributed by atoms with Crippen LogP contribution in [0.5, 0.6) is 0 Å². The number of halogens is 4. The Hall–Kier alpha value is -1.82. The number of rotatable bonds is 3. The molecular weight excluding hydrogens is 303 g/mol. The number of alkyl halides is 3. The van der Waals surface area contributed by atoms with Crippen LogP contribution < -0.4 is 5.32 Å². The molecule has 3 nitrogen and oxygen atoms in total. The number of aromatic nitrogens is 2. The van der Waals surface area contributed by atoms with Crippen molar-refractivity contribution < 1.29 is 13.2 Å². The van der Waals surface area contributed by atoms with Gasteiger partial charge in [-0.15, -0.1) is 0 Å². The molecule has 0 unspecified atom stereocenters. The number of benzene rings is 1. The molecule has 2 rings (SSSR count). The summed E-state index contributed by atoms with van der Waals surface area (Å²) in [6.07, 6.45) is -4.32. The van der Waals surface area contributed by atoms with Crippen molar-refractivity contribution in [1.29, 1.82) is 0 Å². The molecule has 0 spiro atoms. The molecule has 2 aromatic rings. The zero-order chi connectivity index (χ0) is 15.6. The molecule has 1 N–H and O–H groups in total. The minimum absolute atomic E-state index is 0.241. The van der Waals surface area contributed by atoms with E-state index in [1.807, 2.05) is 6.92 Å². The van der Waals surface area contributed by atoms with E-state index < -0.39 is 11.7 Å². The highest BCUT2D eigenvalue weighted by molar-refractivity contribution is 6.31. The molecule has 1 heterocycles. The SMILES string of the molecule is Cc1nc(Cl)c(NCc2ccc(C(F)(F)F)cc2)nc1C. The minimum Gasteiger partial charge on any atom is -0.363 e. The largest absolute Gasteiger partial charge is 0.416 e. The van der Waals surface area contributed by atoms with Gasteiger partial charge in [0.05, 0.1) is 17.0 Å². The Bertz CT molecular complexity index is 639. The standard InChI is InChI=1S/C14H13ClF3N3/c1-8-9(2)21-13(12(15)20-8)19-7-10-3-5-11(6-4-10)14(16,17)18/h3-6H,7H2,1-2H3,(H,19,21). The van der Waals surface area contributed by atoms with Gasteiger partial charge in [0, 0.05) is 6.54 Å². The normalized spacial score (nSPS) is 11.5.